The van der Waals surface area contributed by atoms with Crippen LogP contribution in [0.5, 0.6) is 0 Å². The van der Waals surface area contributed by atoms with E-state index in [1.807, 2.05) is 45.0 Å². The Morgan fingerprint density at radius 2 is 1.97 bits per heavy atom. The van der Waals surface area contributed by atoms with Crippen molar-refractivity contribution in [3.63, 3.8) is 0 Å². The number of benzene rings is 2. The Balaban J connectivity index is 1.72. The normalized spacial score (nSPS) is 12.6. The van der Waals surface area contributed by atoms with Gasteiger partial charge in [-0.2, -0.15) is 0 Å². The fraction of sp³-hybridized carbons (Fsp3) is 0.269. The van der Waals surface area contributed by atoms with Crippen molar-refractivity contribution in [2.45, 2.75) is 39.2 Å². The fourth-order valence-electron chi connectivity index (χ4n) is 4.01. The van der Waals surface area contributed by atoms with E-state index in [1.165, 1.54) is 23.5 Å². The number of primary amides is 1. The summed E-state index contributed by atoms with van der Waals surface area (Å²) in [5, 5.41) is 0.847. The Bertz CT molecular complexity index is 1410. The summed E-state index contributed by atoms with van der Waals surface area (Å²) in [7, 11) is 0. The number of hydrogen-bond donors (Lipinski definition) is 1. The molecule has 4 aromatic rings. The fourth-order valence-corrected chi connectivity index (χ4v) is 5.32. The molecular formula is C26H24ClF2N3O2S. The lowest BCUT2D eigenvalue weighted by Gasteiger charge is -2.31. The van der Waals surface area contributed by atoms with Crippen molar-refractivity contribution in [1.82, 2.24) is 9.97 Å². The van der Waals surface area contributed by atoms with Crippen LogP contribution in [0.4, 0.5) is 13.6 Å². The van der Waals surface area contributed by atoms with Crippen LogP contribution >= 0.6 is 22.9 Å². The summed E-state index contributed by atoms with van der Waals surface area (Å²) < 4.78 is 34.9. The molecule has 0 bridgehead atoms. The summed E-state index contributed by atoms with van der Waals surface area (Å²) >= 11 is 7.25. The van der Waals surface area contributed by atoms with Gasteiger partial charge in [0.15, 0.2) is 5.82 Å². The smallest absolute Gasteiger partial charge is 0.405 e. The average molecular weight is 516 g/mol. The van der Waals surface area contributed by atoms with Crippen LogP contribution in [0.3, 0.4) is 0 Å². The van der Waals surface area contributed by atoms with E-state index in [9.17, 15) is 13.6 Å². The average Bonchev–Trinajstić information content (AvgIpc) is 3.23. The largest absolute Gasteiger partial charge is 0.443 e. The number of rotatable bonds is 7. The van der Waals surface area contributed by atoms with Crippen LogP contribution < -0.4 is 5.73 Å². The maximum absolute atomic E-state index is 14.4. The molecule has 1 atom stereocenters. The van der Waals surface area contributed by atoms with Gasteiger partial charge in [0, 0.05) is 4.70 Å². The van der Waals surface area contributed by atoms with Crippen LogP contribution in [-0.4, -0.2) is 21.7 Å². The predicted molar refractivity (Wildman–Crippen MR) is 135 cm³/mol. The number of nitrogens with zero attached hydrogens (tertiary/aromatic N) is 2. The number of nitrogens with two attached hydrogens (primary N) is 1. The molecule has 2 aromatic carbocycles. The lowest BCUT2D eigenvalue weighted by atomic mass is 9.86. The third-order valence-corrected chi connectivity index (χ3v) is 7.62. The van der Waals surface area contributed by atoms with E-state index in [-0.39, 0.29) is 22.7 Å². The van der Waals surface area contributed by atoms with Gasteiger partial charge in [0.25, 0.3) is 0 Å². The van der Waals surface area contributed by atoms with Crippen molar-refractivity contribution in [1.29, 1.82) is 0 Å². The van der Waals surface area contributed by atoms with Crippen molar-refractivity contribution in [2.75, 3.05) is 0 Å². The number of fused-ring (bicyclic) bond motifs is 1. The lowest BCUT2D eigenvalue weighted by molar-refractivity contribution is 0.00211. The Morgan fingerprint density at radius 3 is 2.71 bits per heavy atom. The quantitative estimate of drug-likeness (QED) is 0.260. The van der Waals surface area contributed by atoms with Crippen molar-refractivity contribution in [3.05, 3.63) is 71.1 Å². The predicted octanol–water partition coefficient (Wildman–Crippen LogP) is 7.40. The third-order valence-electron chi connectivity index (χ3n) is 6.25. The van der Waals surface area contributed by atoms with Gasteiger partial charge in [-0.15, -0.1) is 11.3 Å². The summed E-state index contributed by atoms with van der Waals surface area (Å²) in [6.07, 6.45) is 1.55. The molecule has 1 amide bonds. The van der Waals surface area contributed by atoms with Crippen LogP contribution in [0.25, 0.3) is 31.8 Å². The molecule has 0 aliphatic rings. The molecule has 9 heteroatoms. The van der Waals surface area contributed by atoms with Gasteiger partial charge in [0.1, 0.15) is 17.1 Å². The van der Waals surface area contributed by atoms with E-state index in [2.05, 4.69) is 9.97 Å². The summed E-state index contributed by atoms with van der Waals surface area (Å²) in [5.41, 5.74) is 7.15. The molecule has 0 aliphatic carbocycles. The second kappa shape index (κ2) is 9.87. The highest BCUT2D eigenvalue weighted by molar-refractivity contribution is 7.22. The molecule has 2 aromatic heterocycles. The second-order valence-electron chi connectivity index (χ2n) is 8.94. The van der Waals surface area contributed by atoms with Crippen LogP contribution in [0.1, 0.15) is 32.8 Å². The van der Waals surface area contributed by atoms with Gasteiger partial charge in [-0.25, -0.2) is 23.5 Å². The Labute approximate surface area is 210 Å². The number of halogens is 3. The van der Waals surface area contributed by atoms with Gasteiger partial charge in [-0.1, -0.05) is 31.2 Å². The van der Waals surface area contributed by atoms with Gasteiger partial charge in [0.05, 0.1) is 11.1 Å². The molecule has 0 saturated carbocycles. The van der Waals surface area contributed by atoms with E-state index in [0.29, 0.717) is 17.7 Å². The zero-order valence-electron chi connectivity index (χ0n) is 19.4. The number of carbonyl (C=O) groups excluding carboxylic acids is 1. The lowest BCUT2D eigenvalue weighted by Crippen LogP contribution is -2.37. The van der Waals surface area contributed by atoms with Crippen molar-refractivity contribution < 1.29 is 18.3 Å². The minimum Gasteiger partial charge on any atom is -0.443 e. The molecular weight excluding hydrogens is 492 g/mol. The number of carbonyl (C=O) groups is 1. The number of amides is 1. The Kier molecular flexibility index (Phi) is 7.05. The first kappa shape index (κ1) is 25.0. The van der Waals surface area contributed by atoms with Gasteiger partial charge in [-0.3, -0.25) is 0 Å². The molecule has 5 nitrogen and oxygen atoms in total. The van der Waals surface area contributed by atoms with Crippen LogP contribution in [-0.2, 0) is 11.2 Å². The number of ether oxygens (including phenoxy) is 1. The highest BCUT2D eigenvalue weighted by Gasteiger charge is 2.29. The first-order chi connectivity index (χ1) is 16.5. The van der Waals surface area contributed by atoms with E-state index >= 15 is 0 Å². The van der Waals surface area contributed by atoms with E-state index in [4.69, 9.17) is 22.1 Å². The molecule has 0 fully saturated rings. The minimum absolute atomic E-state index is 0.00234. The van der Waals surface area contributed by atoms with Crippen molar-refractivity contribution >= 4 is 39.1 Å². The molecule has 1 unspecified atom stereocenters. The highest BCUT2D eigenvalue weighted by atomic mass is 35.5. The second-order valence-corrected chi connectivity index (χ2v) is 10.3. The van der Waals surface area contributed by atoms with E-state index in [1.54, 1.807) is 6.07 Å². The monoisotopic (exact) mass is 515 g/mol. The molecule has 0 saturated heterocycles. The highest BCUT2D eigenvalue weighted by Crippen LogP contribution is 2.41. The maximum atomic E-state index is 14.4. The van der Waals surface area contributed by atoms with Gasteiger partial charge >= 0.3 is 6.09 Å². The topological polar surface area (TPSA) is 78.1 Å². The van der Waals surface area contributed by atoms with Gasteiger partial charge < -0.3 is 10.5 Å². The summed E-state index contributed by atoms with van der Waals surface area (Å²) in [6.45, 7) is 5.63. The zero-order chi connectivity index (χ0) is 25.3. The van der Waals surface area contributed by atoms with Gasteiger partial charge in [-0.05, 0) is 84.5 Å². The SMILES string of the molecule is CC(CCc1ccc(F)cc1-c1cccc2cc(-c3nc(Cl)ncc3F)sc12)C(C)(C)OC(N)=O. The Morgan fingerprint density at radius 1 is 1.20 bits per heavy atom. The Hall–Kier alpha value is -3.10. The van der Waals surface area contributed by atoms with E-state index < -0.39 is 17.5 Å². The summed E-state index contributed by atoms with van der Waals surface area (Å²) in [5.74, 6) is -0.914. The first-order valence-electron chi connectivity index (χ1n) is 11.0. The van der Waals surface area contributed by atoms with Crippen molar-refractivity contribution in [3.8, 4) is 21.7 Å². The van der Waals surface area contributed by atoms with Crippen LogP contribution in [0.2, 0.25) is 5.28 Å². The third kappa shape index (κ3) is 5.44. The minimum atomic E-state index is -0.814. The first-order valence-corrected chi connectivity index (χ1v) is 12.2. The molecule has 2 N–H and O–H groups in total. The molecule has 0 radical (unpaired) electrons. The number of thiophene rings is 1. The van der Waals surface area contributed by atoms with Crippen LogP contribution in [0.15, 0.2) is 48.7 Å². The molecule has 182 valence electrons. The molecule has 2 heterocycles. The number of hydrogen-bond acceptors (Lipinski definition) is 5. The molecule has 0 aliphatic heterocycles. The summed E-state index contributed by atoms with van der Waals surface area (Å²) in [6, 6.07) is 12.3. The van der Waals surface area contributed by atoms with Gasteiger partial charge in [0.2, 0.25) is 5.28 Å². The maximum Gasteiger partial charge on any atom is 0.405 e. The molecule has 4 rings (SSSR count). The van der Waals surface area contributed by atoms with Crippen molar-refractivity contribution in [2.24, 2.45) is 11.7 Å². The number of aromatic nitrogens is 2. The molecule has 35 heavy (non-hydrogen) atoms. The zero-order valence-corrected chi connectivity index (χ0v) is 21.0. The van der Waals surface area contributed by atoms with E-state index in [0.717, 1.165) is 33.0 Å². The molecule has 0 spiro atoms. The summed E-state index contributed by atoms with van der Waals surface area (Å²) in [4.78, 5) is 19.6. The number of aryl methyl sites for hydroxylation is 1. The van der Waals surface area contributed by atoms with Crippen LogP contribution in [0, 0.1) is 17.6 Å². The standard InChI is InChI=1S/C26H24ClF2N3O2S/c1-14(26(2,3)34-25(30)33)7-8-15-9-10-17(28)12-19(15)18-6-4-5-16-11-21(35-23(16)18)22-20(29)13-31-24(27)32-22/h4-6,9-14H,7-8H2,1-3H3,(H2,30,33).